The van der Waals surface area contributed by atoms with Crippen molar-refractivity contribution in [1.29, 1.82) is 0 Å². The molecule has 7 nitrogen and oxygen atoms in total. The molecular weight excluding hydrogens is 326 g/mol. The Balaban J connectivity index is 1.70. The first-order valence-electron chi connectivity index (χ1n) is 10.2. The molecule has 1 aliphatic rings. The van der Waals surface area contributed by atoms with Gasteiger partial charge >= 0.3 is 0 Å². The van der Waals surface area contributed by atoms with Gasteiger partial charge in [-0.1, -0.05) is 20.8 Å². The van der Waals surface area contributed by atoms with E-state index in [2.05, 4.69) is 58.0 Å². The Labute approximate surface area is 158 Å². The van der Waals surface area contributed by atoms with Crippen molar-refractivity contribution in [3.05, 3.63) is 12.2 Å². The number of likely N-dealkylation sites (tertiary alicyclic amines) is 1. The topological polar surface area (TPSA) is 70.4 Å². The van der Waals surface area contributed by atoms with Gasteiger partial charge in [0.25, 0.3) is 0 Å². The smallest absolute Gasteiger partial charge is 0.191 e. The van der Waals surface area contributed by atoms with Crippen LogP contribution in [-0.4, -0.2) is 64.9 Å². The predicted octanol–water partition coefficient (Wildman–Crippen LogP) is 1.76. The summed E-state index contributed by atoms with van der Waals surface area (Å²) >= 11 is 0. The number of piperidine rings is 1. The summed E-state index contributed by atoms with van der Waals surface area (Å²) in [5, 5.41) is 14.8. The lowest BCUT2D eigenvalue weighted by Gasteiger charge is -2.34. The highest BCUT2D eigenvalue weighted by molar-refractivity contribution is 5.79. The minimum absolute atomic E-state index is 0.817. The first kappa shape index (κ1) is 20.7. The van der Waals surface area contributed by atoms with E-state index in [9.17, 15) is 0 Å². The summed E-state index contributed by atoms with van der Waals surface area (Å²) in [6.07, 6.45) is 5.18. The number of hydrogen-bond donors (Lipinski definition) is 2. The number of aryl methyl sites for hydroxylation is 1. The molecule has 0 aromatic carbocycles. The Morgan fingerprint density at radius 2 is 1.96 bits per heavy atom. The van der Waals surface area contributed by atoms with Gasteiger partial charge in [0.05, 0.1) is 0 Å². The lowest BCUT2D eigenvalue weighted by Crippen LogP contribution is -2.40. The highest BCUT2D eigenvalue weighted by Gasteiger charge is 2.20. The van der Waals surface area contributed by atoms with E-state index in [4.69, 9.17) is 4.99 Å². The van der Waals surface area contributed by atoms with Crippen LogP contribution in [0.4, 0.5) is 0 Å². The third-order valence-corrected chi connectivity index (χ3v) is 4.85. The predicted molar refractivity (Wildman–Crippen MR) is 107 cm³/mol. The van der Waals surface area contributed by atoms with Crippen molar-refractivity contribution in [2.45, 2.75) is 53.5 Å². The molecule has 0 spiro atoms. The van der Waals surface area contributed by atoms with E-state index < -0.39 is 0 Å². The first-order valence-corrected chi connectivity index (χ1v) is 10.2. The Bertz CT molecular complexity index is 530. The molecule has 0 amide bonds. The zero-order chi connectivity index (χ0) is 18.8. The molecule has 2 N–H and O–H groups in total. The third-order valence-electron chi connectivity index (χ3n) is 4.85. The molecule has 1 fully saturated rings. The summed E-state index contributed by atoms with van der Waals surface area (Å²) in [5.74, 6) is 3.58. The van der Waals surface area contributed by atoms with Crippen LogP contribution in [0, 0.1) is 11.8 Å². The van der Waals surface area contributed by atoms with Gasteiger partial charge in [-0.05, 0) is 38.1 Å². The second kappa shape index (κ2) is 11.2. The van der Waals surface area contributed by atoms with Gasteiger partial charge in [0, 0.05) is 45.7 Å². The fourth-order valence-corrected chi connectivity index (χ4v) is 3.84. The Kier molecular flexibility index (Phi) is 8.88. The van der Waals surface area contributed by atoms with Crippen LogP contribution in [0.15, 0.2) is 11.3 Å². The molecule has 2 heterocycles. The van der Waals surface area contributed by atoms with Crippen molar-refractivity contribution in [2.75, 3.05) is 39.3 Å². The maximum Gasteiger partial charge on any atom is 0.191 e. The average molecular weight is 364 g/mol. The molecule has 1 aromatic rings. The number of hydrogen-bond acceptors (Lipinski definition) is 4. The van der Waals surface area contributed by atoms with Crippen molar-refractivity contribution in [1.82, 2.24) is 30.3 Å². The van der Waals surface area contributed by atoms with Crippen molar-refractivity contribution in [3.8, 4) is 0 Å². The fraction of sp³-hybridized carbons (Fsp3) is 0.842. The molecule has 1 aromatic heterocycles. The zero-order valence-corrected chi connectivity index (χ0v) is 17.0. The average Bonchev–Trinajstić information content (AvgIpc) is 3.05. The maximum atomic E-state index is 4.72. The zero-order valence-electron chi connectivity index (χ0n) is 17.0. The van der Waals surface area contributed by atoms with E-state index in [0.29, 0.717) is 0 Å². The Morgan fingerprint density at radius 3 is 2.65 bits per heavy atom. The fourth-order valence-electron chi connectivity index (χ4n) is 3.84. The lowest BCUT2D eigenvalue weighted by molar-refractivity contribution is 0.140. The molecule has 26 heavy (non-hydrogen) atoms. The van der Waals surface area contributed by atoms with Crippen LogP contribution in [-0.2, 0) is 13.0 Å². The number of rotatable bonds is 9. The van der Waals surface area contributed by atoms with Crippen LogP contribution in [0.3, 0.4) is 0 Å². The minimum atomic E-state index is 0.817. The number of aliphatic imine (C=N–C) groups is 1. The van der Waals surface area contributed by atoms with Crippen LogP contribution >= 0.6 is 0 Å². The molecule has 2 atom stereocenters. The molecule has 2 unspecified atom stereocenters. The van der Waals surface area contributed by atoms with Gasteiger partial charge < -0.3 is 20.1 Å². The molecule has 1 saturated heterocycles. The van der Waals surface area contributed by atoms with Crippen molar-refractivity contribution >= 4 is 5.96 Å². The normalized spacial score (nSPS) is 21.8. The highest BCUT2D eigenvalue weighted by atomic mass is 15.3. The van der Waals surface area contributed by atoms with Crippen LogP contribution in [0.5, 0.6) is 0 Å². The summed E-state index contributed by atoms with van der Waals surface area (Å²) in [6, 6.07) is 0. The van der Waals surface area contributed by atoms with E-state index in [1.54, 1.807) is 6.33 Å². The molecule has 7 heteroatoms. The van der Waals surface area contributed by atoms with Gasteiger partial charge in [-0.3, -0.25) is 4.99 Å². The van der Waals surface area contributed by atoms with E-state index in [-0.39, 0.29) is 0 Å². The Hall–Kier alpha value is -1.63. The van der Waals surface area contributed by atoms with Gasteiger partial charge in [-0.25, -0.2) is 0 Å². The van der Waals surface area contributed by atoms with Crippen LogP contribution in [0.1, 0.15) is 46.4 Å². The molecule has 0 aliphatic carbocycles. The van der Waals surface area contributed by atoms with Gasteiger partial charge in [-0.15, -0.1) is 10.2 Å². The van der Waals surface area contributed by atoms with Crippen molar-refractivity contribution < 1.29 is 0 Å². The molecule has 148 valence electrons. The molecule has 0 radical (unpaired) electrons. The van der Waals surface area contributed by atoms with Crippen molar-refractivity contribution in [2.24, 2.45) is 16.8 Å². The van der Waals surface area contributed by atoms with E-state index in [1.807, 2.05) is 0 Å². The first-order chi connectivity index (χ1) is 12.6. The number of guanidine groups is 1. The van der Waals surface area contributed by atoms with E-state index >= 15 is 0 Å². The standard InChI is InChI=1S/C19H37N7/c1-5-18-24-23-15-26(18)11-9-22-19(20-6-2)21-8-7-10-25-13-16(3)12-17(4)14-25/h15-17H,5-14H2,1-4H3,(H2,20,21,22). The van der Waals surface area contributed by atoms with Crippen LogP contribution < -0.4 is 10.6 Å². The van der Waals surface area contributed by atoms with E-state index in [1.165, 1.54) is 19.5 Å². The summed E-state index contributed by atoms with van der Waals surface area (Å²) in [4.78, 5) is 7.33. The second-order valence-corrected chi connectivity index (χ2v) is 7.54. The summed E-state index contributed by atoms with van der Waals surface area (Å²) < 4.78 is 2.09. The van der Waals surface area contributed by atoms with E-state index in [0.717, 1.165) is 69.2 Å². The summed E-state index contributed by atoms with van der Waals surface area (Å²) in [5.41, 5.74) is 0. The van der Waals surface area contributed by atoms with Gasteiger partial charge in [0.15, 0.2) is 5.96 Å². The second-order valence-electron chi connectivity index (χ2n) is 7.54. The maximum absolute atomic E-state index is 4.72. The highest BCUT2D eigenvalue weighted by Crippen LogP contribution is 2.20. The van der Waals surface area contributed by atoms with Gasteiger partial charge in [0.1, 0.15) is 12.2 Å². The molecule has 0 saturated carbocycles. The molecule has 2 rings (SSSR count). The number of aromatic nitrogens is 3. The van der Waals surface area contributed by atoms with Crippen LogP contribution in [0.2, 0.25) is 0 Å². The largest absolute Gasteiger partial charge is 0.357 e. The summed E-state index contributed by atoms with van der Waals surface area (Å²) in [7, 11) is 0. The minimum Gasteiger partial charge on any atom is -0.357 e. The molecule has 0 bridgehead atoms. The van der Waals surface area contributed by atoms with Gasteiger partial charge in [0.2, 0.25) is 0 Å². The number of nitrogens with zero attached hydrogens (tertiary/aromatic N) is 5. The number of nitrogens with one attached hydrogen (secondary N) is 2. The summed E-state index contributed by atoms with van der Waals surface area (Å²) in [6.45, 7) is 16.0. The molecular formula is C19H37N7. The molecule has 1 aliphatic heterocycles. The quantitative estimate of drug-likeness (QED) is 0.397. The van der Waals surface area contributed by atoms with Crippen molar-refractivity contribution in [3.63, 3.8) is 0 Å². The Morgan fingerprint density at radius 1 is 1.19 bits per heavy atom. The monoisotopic (exact) mass is 363 g/mol. The van der Waals surface area contributed by atoms with Gasteiger partial charge in [-0.2, -0.15) is 0 Å². The third kappa shape index (κ3) is 6.94. The lowest BCUT2D eigenvalue weighted by atomic mass is 9.92. The van der Waals surface area contributed by atoms with Crippen LogP contribution in [0.25, 0.3) is 0 Å². The SMILES string of the molecule is CCNC(=NCCCN1CC(C)CC(C)C1)NCCn1cnnc1CC.